The zero-order chi connectivity index (χ0) is 24.1. The third-order valence-corrected chi connectivity index (χ3v) is 5.93. The van der Waals surface area contributed by atoms with Gasteiger partial charge in [-0.05, 0) is 56.3 Å². The molecule has 1 aromatic heterocycles. The number of aldehydes is 1. The zero-order valence-electron chi connectivity index (χ0n) is 19.5. The molecule has 0 saturated carbocycles. The lowest BCUT2D eigenvalue weighted by Crippen LogP contribution is -2.36. The lowest BCUT2D eigenvalue weighted by Gasteiger charge is -2.27. The zero-order valence-corrected chi connectivity index (χ0v) is 19.5. The number of nitrogens with one attached hydrogen (secondary N) is 1. The van der Waals surface area contributed by atoms with Gasteiger partial charge in [-0.15, -0.1) is 0 Å². The van der Waals surface area contributed by atoms with Gasteiger partial charge in [0, 0.05) is 19.0 Å². The molecule has 176 valence electrons. The molecule has 1 fully saturated rings. The van der Waals surface area contributed by atoms with E-state index in [0.29, 0.717) is 23.1 Å². The Hall–Kier alpha value is -3.98. The molecule has 2 aromatic carbocycles. The highest BCUT2D eigenvalue weighted by atomic mass is 16.1. The number of likely N-dealkylation sites (tertiary alicyclic amines) is 1. The fraction of sp³-hybridized carbons (Fsp3) is 0.280. The number of piperidine rings is 1. The summed E-state index contributed by atoms with van der Waals surface area (Å²) < 4.78 is 1.87. The Labute approximate surface area is 198 Å². The second-order valence-corrected chi connectivity index (χ2v) is 8.37. The second kappa shape index (κ2) is 10.3. The predicted molar refractivity (Wildman–Crippen MR) is 137 cm³/mol. The number of amidine groups is 1. The molecule has 1 atom stereocenters. The van der Waals surface area contributed by atoms with Crippen LogP contribution in [-0.2, 0) is 4.79 Å². The number of nitrogens with two attached hydrogens (primary N) is 2. The van der Waals surface area contributed by atoms with Crippen molar-refractivity contribution in [1.29, 1.82) is 0 Å². The number of aliphatic imine (C=N–C) groups is 1. The molecule has 1 aliphatic rings. The molecule has 0 radical (unpaired) electrons. The molecule has 5 N–H and O–H groups in total. The number of para-hydroxylation sites is 1. The molecule has 3 aromatic rings. The number of likely N-dealkylation sites (N-methyl/N-ethyl adjacent to an activating group) is 1. The van der Waals surface area contributed by atoms with Gasteiger partial charge in [-0.25, -0.2) is 4.68 Å². The van der Waals surface area contributed by atoms with E-state index in [1.54, 1.807) is 13.2 Å². The molecule has 1 saturated heterocycles. The van der Waals surface area contributed by atoms with Crippen molar-refractivity contribution < 1.29 is 4.79 Å². The molecule has 2 heterocycles. The van der Waals surface area contributed by atoms with Crippen LogP contribution in [0.3, 0.4) is 0 Å². The SMILES string of the molecule is CN/N=C(/N)C(C(C=O)=NC1CCCN(C)C1)=C(N)c1ccc2c(cnn2-c2ccccc2)c1. The average Bonchev–Trinajstić information content (AvgIpc) is 3.27. The van der Waals surface area contributed by atoms with Gasteiger partial charge in [0.2, 0.25) is 0 Å². The number of fused-ring (bicyclic) bond motifs is 1. The molecule has 0 amide bonds. The minimum Gasteiger partial charge on any atom is -0.398 e. The van der Waals surface area contributed by atoms with Crippen molar-refractivity contribution in [2.75, 3.05) is 27.2 Å². The van der Waals surface area contributed by atoms with Gasteiger partial charge in [0.15, 0.2) is 12.1 Å². The molecule has 0 aliphatic carbocycles. The number of hydrogen-bond acceptors (Lipinski definition) is 7. The minimum absolute atomic E-state index is 0.00396. The smallest absolute Gasteiger partial charge is 0.168 e. The van der Waals surface area contributed by atoms with Crippen LogP contribution >= 0.6 is 0 Å². The highest BCUT2D eigenvalue weighted by molar-refractivity contribution is 6.46. The summed E-state index contributed by atoms with van der Waals surface area (Å²) >= 11 is 0. The maximum atomic E-state index is 12.1. The van der Waals surface area contributed by atoms with Gasteiger partial charge < -0.3 is 21.8 Å². The van der Waals surface area contributed by atoms with E-state index in [-0.39, 0.29) is 17.6 Å². The van der Waals surface area contributed by atoms with Crippen LogP contribution in [0.15, 0.2) is 70.4 Å². The van der Waals surface area contributed by atoms with E-state index in [1.165, 1.54) is 0 Å². The van der Waals surface area contributed by atoms with Gasteiger partial charge in [0.05, 0.1) is 34.7 Å². The maximum Gasteiger partial charge on any atom is 0.168 e. The Kier molecular flexibility index (Phi) is 7.03. The summed E-state index contributed by atoms with van der Waals surface area (Å²) in [6.45, 7) is 1.80. The molecular weight excluding hydrogens is 428 g/mol. The summed E-state index contributed by atoms with van der Waals surface area (Å²) in [6, 6.07) is 15.7. The van der Waals surface area contributed by atoms with Crippen molar-refractivity contribution in [3.63, 3.8) is 0 Å². The fourth-order valence-corrected chi connectivity index (χ4v) is 4.30. The van der Waals surface area contributed by atoms with Crippen LogP contribution < -0.4 is 16.9 Å². The van der Waals surface area contributed by atoms with Crippen LogP contribution in [0.1, 0.15) is 18.4 Å². The molecule has 34 heavy (non-hydrogen) atoms. The van der Waals surface area contributed by atoms with Crippen molar-refractivity contribution in [3.05, 3.63) is 65.9 Å². The van der Waals surface area contributed by atoms with Crippen molar-refractivity contribution in [3.8, 4) is 5.69 Å². The Bertz CT molecular complexity index is 1260. The van der Waals surface area contributed by atoms with Crippen LogP contribution in [0.25, 0.3) is 22.3 Å². The van der Waals surface area contributed by atoms with E-state index >= 15 is 0 Å². The van der Waals surface area contributed by atoms with E-state index in [2.05, 4.69) is 27.6 Å². The number of rotatable bonds is 7. The number of carbonyl (C=O) groups excluding carboxylic acids is 1. The van der Waals surface area contributed by atoms with Crippen LogP contribution in [0.4, 0.5) is 0 Å². The number of nitrogens with zero attached hydrogens (tertiary/aromatic N) is 5. The van der Waals surface area contributed by atoms with Gasteiger partial charge in [0.25, 0.3) is 0 Å². The molecular formula is C25H30N8O. The lowest BCUT2D eigenvalue weighted by atomic mass is 10.00. The third kappa shape index (κ3) is 4.84. The molecule has 1 unspecified atom stereocenters. The average molecular weight is 459 g/mol. The van der Waals surface area contributed by atoms with Crippen LogP contribution in [0.2, 0.25) is 0 Å². The Morgan fingerprint density at radius 3 is 2.71 bits per heavy atom. The number of carbonyl (C=O) groups is 1. The number of benzene rings is 2. The first-order valence-electron chi connectivity index (χ1n) is 11.3. The Morgan fingerprint density at radius 1 is 1.21 bits per heavy atom. The van der Waals surface area contributed by atoms with Crippen molar-refractivity contribution in [2.45, 2.75) is 18.9 Å². The lowest BCUT2D eigenvalue weighted by molar-refractivity contribution is -0.102. The molecule has 1 aliphatic heterocycles. The first-order valence-corrected chi connectivity index (χ1v) is 11.3. The highest BCUT2D eigenvalue weighted by Crippen LogP contribution is 2.24. The molecule has 0 spiro atoms. The molecule has 9 heteroatoms. The largest absolute Gasteiger partial charge is 0.398 e. The highest BCUT2D eigenvalue weighted by Gasteiger charge is 2.22. The second-order valence-electron chi connectivity index (χ2n) is 8.37. The summed E-state index contributed by atoms with van der Waals surface area (Å²) in [5.74, 6) is 0.107. The normalized spacial score (nSPS) is 18.6. The predicted octanol–water partition coefficient (Wildman–Crippen LogP) is 1.92. The van der Waals surface area contributed by atoms with Gasteiger partial charge in [-0.3, -0.25) is 9.79 Å². The van der Waals surface area contributed by atoms with Crippen molar-refractivity contribution >= 4 is 34.4 Å². The Balaban J connectivity index is 1.79. The van der Waals surface area contributed by atoms with E-state index in [9.17, 15) is 4.79 Å². The van der Waals surface area contributed by atoms with Crippen LogP contribution in [0.5, 0.6) is 0 Å². The van der Waals surface area contributed by atoms with Crippen molar-refractivity contribution in [2.24, 2.45) is 21.6 Å². The summed E-state index contributed by atoms with van der Waals surface area (Å²) in [4.78, 5) is 19.1. The van der Waals surface area contributed by atoms with E-state index in [1.807, 2.05) is 53.2 Å². The monoisotopic (exact) mass is 458 g/mol. The number of hydrogen-bond donors (Lipinski definition) is 3. The number of hydrazone groups is 1. The van der Waals surface area contributed by atoms with Crippen LogP contribution in [0, 0.1) is 0 Å². The fourth-order valence-electron chi connectivity index (χ4n) is 4.30. The Morgan fingerprint density at radius 2 is 2.00 bits per heavy atom. The molecule has 4 rings (SSSR count). The molecule has 0 bridgehead atoms. The van der Waals surface area contributed by atoms with Gasteiger partial charge in [0.1, 0.15) is 5.71 Å². The standard InChI is InChI=1S/C25H30N8O/c1-28-31-25(27)23(21(16-34)30-19-7-6-12-32(2)15-19)24(26)17-10-11-22-18(13-17)14-29-33(22)20-8-4-3-5-9-20/h3-5,8-11,13-14,16,19,28H,6-7,12,15,26H2,1-2H3,(H2,27,31). The van der Waals surface area contributed by atoms with E-state index in [0.717, 1.165) is 42.5 Å². The topological polar surface area (TPSA) is 127 Å². The summed E-state index contributed by atoms with van der Waals surface area (Å²) in [6.07, 6.45) is 4.42. The van der Waals surface area contributed by atoms with Gasteiger partial charge >= 0.3 is 0 Å². The number of aromatic nitrogens is 2. The summed E-state index contributed by atoms with van der Waals surface area (Å²) in [7, 11) is 3.69. The quantitative estimate of drug-likeness (QED) is 0.215. The molecule has 9 nitrogen and oxygen atoms in total. The van der Waals surface area contributed by atoms with Crippen LogP contribution in [-0.4, -0.2) is 65.7 Å². The van der Waals surface area contributed by atoms with Crippen molar-refractivity contribution in [1.82, 2.24) is 20.1 Å². The van der Waals surface area contributed by atoms with E-state index < -0.39 is 0 Å². The first kappa shape index (κ1) is 23.2. The van der Waals surface area contributed by atoms with E-state index in [4.69, 9.17) is 16.5 Å². The summed E-state index contributed by atoms with van der Waals surface area (Å²) in [5.41, 5.74) is 19.0. The minimum atomic E-state index is -0.00396. The third-order valence-electron chi connectivity index (χ3n) is 5.93. The van der Waals surface area contributed by atoms with Gasteiger partial charge in [-0.2, -0.15) is 10.2 Å². The maximum absolute atomic E-state index is 12.1. The summed E-state index contributed by atoms with van der Waals surface area (Å²) in [5, 5.41) is 9.53. The van der Waals surface area contributed by atoms with Gasteiger partial charge in [-0.1, -0.05) is 24.3 Å². The first-order chi connectivity index (χ1) is 16.5.